The molecule has 0 radical (unpaired) electrons. The van der Waals surface area contributed by atoms with E-state index in [0.717, 1.165) is 54.1 Å². The molecule has 0 unspecified atom stereocenters. The molecule has 3 nitrogen and oxygen atoms in total. The Morgan fingerprint density at radius 1 is 0.778 bits per heavy atom. The summed E-state index contributed by atoms with van der Waals surface area (Å²) in [4.78, 5) is 14.0. The van der Waals surface area contributed by atoms with Gasteiger partial charge in [-0.25, -0.2) is 9.97 Å². The number of nitrogens with zero attached hydrogens (tertiary/aromatic N) is 3. The summed E-state index contributed by atoms with van der Waals surface area (Å²) in [7, 11) is 0. The predicted octanol–water partition coefficient (Wildman–Crippen LogP) is 3.27. The molecule has 0 aliphatic rings. The van der Waals surface area contributed by atoms with Gasteiger partial charge in [0.25, 0.3) is 0 Å². The van der Waals surface area contributed by atoms with Crippen molar-refractivity contribution < 1.29 is 0 Å². The fourth-order valence-electron chi connectivity index (χ4n) is 2.22. The number of hydrogen-bond donors (Lipinski definition) is 0. The van der Waals surface area contributed by atoms with Crippen molar-refractivity contribution in [3.05, 3.63) is 29.0 Å². The van der Waals surface area contributed by atoms with Crippen LogP contribution in [0.5, 0.6) is 0 Å². The number of pyridine rings is 1. The Bertz CT molecular complexity index is 510. The standard InChI is InChI=1S/C15H21N3/c1-5-10-9-11-12(6-2)17-14(8-4)18-15(11)13(7-3)16-10/h9H,5-8H2,1-4H3. The molecular weight excluding hydrogens is 222 g/mol. The Morgan fingerprint density at radius 2 is 1.50 bits per heavy atom. The molecule has 0 aliphatic heterocycles. The van der Waals surface area contributed by atoms with E-state index < -0.39 is 0 Å². The fraction of sp³-hybridized carbons (Fsp3) is 0.533. The summed E-state index contributed by atoms with van der Waals surface area (Å²) in [6.07, 6.45) is 3.71. The van der Waals surface area contributed by atoms with Crippen LogP contribution in [0.3, 0.4) is 0 Å². The zero-order valence-corrected chi connectivity index (χ0v) is 11.7. The van der Waals surface area contributed by atoms with Crippen LogP contribution in [-0.4, -0.2) is 15.0 Å². The number of aromatic nitrogens is 3. The summed E-state index contributed by atoms with van der Waals surface area (Å²) in [6.45, 7) is 8.53. The zero-order chi connectivity index (χ0) is 13.1. The van der Waals surface area contributed by atoms with E-state index in [1.54, 1.807) is 0 Å². The van der Waals surface area contributed by atoms with Gasteiger partial charge in [0.15, 0.2) is 0 Å². The first-order valence-corrected chi connectivity index (χ1v) is 6.91. The summed E-state index contributed by atoms with van der Waals surface area (Å²) in [6, 6.07) is 2.16. The van der Waals surface area contributed by atoms with E-state index in [0.29, 0.717) is 0 Å². The van der Waals surface area contributed by atoms with Gasteiger partial charge in [0.2, 0.25) is 0 Å². The summed E-state index contributed by atoms with van der Waals surface area (Å²) >= 11 is 0. The molecule has 2 aromatic heterocycles. The third-order valence-corrected chi connectivity index (χ3v) is 3.28. The molecule has 0 bridgehead atoms. The van der Waals surface area contributed by atoms with E-state index in [9.17, 15) is 0 Å². The van der Waals surface area contributed by atoms with Crippen LogP contribution in [0, 0.1) is 0 Å². The van der Waals surface area contributed by atoms with Crippen LogP contribution in [0.4, 0.5) is 0 Å². The minimum atomic E-state index is 0.877. The van der Waals surface area contributed by atoms with E-state index in [4.69, 9.17) is 4.98 Å². The van der Waals surface area contributed by atoms with E-state index in [1.807, 2.05) is 0 Å². The van der Waals surface area contributed by atoms with Crippen LogP contribution in [0.15, 0.2) is 6.07 Å². The maximum Gasteiger partial charge on any atom is 0.129 e. The SMILES string of the molecule is CCc1cc2c(CC)nc(CC)nc2c(CC)n1. The largest absolute Gasteiger partial charge is 0.256 e. The second-order valence-electron chi connectivity index (χ2n) is 4.46. The summed E-state index contributed by atoms with van der Waals surface area (Å²) in [5.41, 5.74) is 4.46. The molecule has 2 aromatic rings. The molecule has 18 heavy (non-hydrogen) atoms. The molecule has 3 heteroatoms. The molecule has 0 amide bonds. The molecule has 0 saturated carbocycles. The lowest BCUT2D eigenvalue weighted by molar-refractivity contribution is 0.894. The zero-order valence-electron chi connectivity index (χ0n) is 11.7. The monoisotopic (exact) mass is 243 g/mol. The second-order valence-corrected chi connectivity index (χ2v) is 4.46. The van der Waals surface area contributed by atoms with Crippen molar-refractivity contribution in [2.45, 2.75) is 53.4 Å². The van der Waals surface area contributed by atoms with E-state index >= 15 is 0 Å². The maximum atomic E-state index is 4.70. The van der Waals surface area contributed by atoms with Crippen LogP contribution in [0.25, 0.3) is 10.9 Å². The van der Waals surface area contributed by atoms with E-state index in [1.165, 1.54) is 5.39 Å². The number of fused-ring (bicyclic) bond motifs is 1. The summed E-state index contributed by atoms with van der Waals surface area (Å²) < 4.78 is 0. The van der Waals surface area contributed by atoms with E-state index in [2.05, 4.69) is 43.7 Å². The molecule has 0 atom stereocenters. The molecule has 2 heterocycles. The number of hydrogen-bond acceptors (Lipinski definition) is 3. The van der Waals surface area contributed by atoms with Crippen LogP contribution in [-0.2, 0) is 25.7 Å². The highest BCUT2D eigenvalue weighted by Crippen LogP contribution is 2.21. The van der Waals surface area contributed by atoms with Gasteiger partial charge >= 0.3 is 0 Å². The minimum Gasteiger partial charge on any atom is -0.256 e. The average molecular weight is 243 g/mol. The van der Waals surface area contributed by atoms with Gasteiger partial charge in [0.1, 0.15) is 5.82 Å². The molecule has 0 spiro atoms. The first-order valence-electron chi connectivity index (χ1n) is 6.91. The van der Waals surface area contributed by atoms with Crippen LogP contribution in [0.1, 0.15) is 50.6 Å². The lowest BCUT2D eigenvalue weighted by atomic mass is 10.1. The van der Waals surface area contributed by atoms with Gasteiger partial charge in [0.05, 0.1) is 16.9 Å². The number of aryl methyl sites for hydroxylation is 4. The highest BCUT2D eigenvalue weighted by Gasteiger charge is 2.11. The van der Waals surface area contributed by atoms with Gasteiger partial charge in [0, 0.05) is 17.5 Å². The summed E-state index contributed by atoms with van der Waals surface area (Å²) in [5, 5.41) is 1.19. The van der Waals surface area contributed by atoms with Gasteiger partial charge in [-0.1, -0.05) is 27.7 Å². The van der Waals surface area contributed by atoms with Crippen molar-refractivity contribution in [1.82, 2.24) is 15.0 Å². The highest BCUT2D eigenvalue weighted by molar-refractivity contribution is 5.83. The minimum absolute atomic E-state index is 0.877. The molecule has 0 fully saturated rings. The van der Waals surface area contributed by atoms with Crippen molar-refractivity contribution in [1.29, 1.82) is 0 Å². The van der Waals surface area contributed by atoms with Crippen molar-refractivity contribution in [3.63, 3.8) is 0 Å². The van der Waals surface area contributed by atoms with Crippen molar-refractivity contribution in [3.8, 4) is 0 Å². The lowest BCUT2D eigenvalue weighted by Crippen LogP contribution is -2.04. The van der Waals surface area contributed by atoms with Crippen molar-refractivity contribution in [2.75, 3.05) is 0 Å². The van der Waals surface area contributed by atoms with Gasteiger partial charge < -0.3 is 0 Å². The maximum absolute atomic E-state index is 4.70. The first-order chi connectivity index (χ1) is 8.73. The Kier molecular flexibility index (Phi) is 3.90. The topological polar surface area (TPSA) is 38.7 Å². The molecule has 2 rings (SSSR count). The molecular formula is C15H21N3. The number of rotatable bonds is 4. The first kappa shape index (κ1) is 12.9. The van der Waals surface area contributed by atoms with Gasteiger partial charge in [-0.15, -0.1) is 0 Å². The van der Waals surface area contributed by atoms with Crippen LogP contribution >= 0.6 is 0 Å². The molecule has 0 N–H and O–H groups in total. The summed E-state index contributed by atoms with van der Waals surface area (Å²) in [5.74, 6) is 0.931. The smallest absolute Gasteiger partial charge is 0.129 e. The molecule has 96 valence electrons. The van der Waals surface area contributed by atoms with Crippen molar-refractivity contribution >= 4 is 10.9 Å². The second kappa shape index (κ2) is 5.42. The molecule has 0 aliphatic carbocycles. The highest BCUT2D eigenvalue weighted by atomic mass is 14.9. The van der Waals surface area contributed by atoms with Crippen molar-refractivity contribution in [2.24, 2.45) is 0 Å². The Labute approximate surface area is 109 Å². The predicted molar refractivity (Wildman–Crippen MR) is 74.8 cm³/mol. The lowest BCUT2D eigenvalue weighted by Gasteiger charge is -2.10. The van der Waals surface area contributed by atoms with Crippen LogP contribution < -0.4 is 0 Å². The third-order valence-electron chi connectivity index (χ3n) is 3.28. The van der Waals surface area contributed by atoms with Gasteiger partial charge in [-0.2, -0.15) is 0 Å². The average Bonchev–Trinajstić information content (AvgIpc) is 2.44. The quantitative estimate of drug-likeness (QED) is 0.827. The van der Waals surface area contributed by atoms with Crippen LogP contribution in [0.2, 0.25) is 0 Å². The third kappa shape index (κ3) is 2.22. The van der Waals surface area contributed by atoms with E-state index in [-0.39, 0.29) is 0 Å². The molecule has 0 saturated heterocycles. The van der Waals surface area contributed by atoms with Gasteiger partial charge in [-0.3, -0.25) is 4.98 Å². The normalized spacial score (nSPS) is 11.1. The Hall–Kier alpha value is -1.51. The Morgan fingerprint density at radius 3 is 2.06 bits per heavy atom. The van der Waals surface area contributed by atoms with Gasteiger partial charge in [-0.05, 0) is 25.3 Å². The Balaban J connectivity index is 2.80. The fourth-order valence-corrected chi connectivity index (χ4v) is 2.22. The molecule has 0 aromatic carbocycles.